The molecule has 0 aliphatic heterocycles. The van der Waals surface area contributed by atoms with Crippen LogP contribution in [0.1, 0.15) is 39.5 Å². The van der Waals surface area contributed by atoms with E-state index < -0.39 is 12.0 Å². The lowest BCUT2D eigenvalue weighted by Crippen LogP contribution is -2.62. The van der Waals surface area contributed by atoms with Crippen LogP contribution in [0.5, 0.6) is 0 Å². The highest BCUT2D eigenvalue weighted by atomic mass is 19.3. The van der Waals surface area contributed by atoms with Crippen LogP contribution in [0, 0.1) is 0 Å². The van der Waals surface area contributed by atoms with Crippen LogP contribution in [0.2, 0.25) is 0 Å². The van der Waals surface area contributed by atoms with Crippen LogP contribution in [0.25, 0.3) is 0 Å². The predicted molar refractivity (Wildman–Crippen MR) is 71.1 cm³/mol. The van der Waals surface area contributed by atoms with Gasteiger partial charge in [0.1, 0.15) is 0 Å². The van der Waals surface area contributed by atoms with E-state index in [0.717, 1.165) is 12.8 Å². The van der Waals surface area contributed by atoms with Crippen molar-refractivity contribution in [2.75, 3.05) is 13.6 Å². The molecule has 4 nitrogen and oxygen atoms in total. The number of nitrogens with zero attached hydrogens (tertiary/aromatic N) is 1. The van der Waals surface area contributed by atoms with Crippen molar-refractivity contribution in [3.05, 3.63) is 0 Å². The smallest absolute Gasteiger partial charge is 0.251 e. The van der Waals surface area contributed by atoms with E-state index in [-0.39, 0.29) is 24.5 Å². The monoisotopic (exact) mass is 277 g/mol. The fraction of sp³-hybridized carbons (Fsp3) is 0.923. The number of rotatable bonds is 6. The summed E-state index contributed by atoms with van der Waals surface area (Å²) in [5.41, 5.74) is 4.79. The lowest BCUT2D eigenvalue weighted by Gasteiger charge is -2.43. The van der Waals surface area contributed by atoms with Crippen molar-refractivity contribution in [3.8, 4) is 0 Å². The van der Waals surface area contributed by atoms with E-state index in [9.17, 15) is 13.6 Å². The second-order valence-corrected chi connectivity index (χ2v) is 5.83. The van der Waals surface area contributed by atoms with E-state index in [2.05, 4.69) is 5.32 Å². The van der Waals surface area contributed by atoms with Crippen LogP contribution in [0.15, 0.2) is 0 Å². The maximum atomic E-state index is 12.5. The number of hydrogen-bond donors (Lipinski definition) is 2. The molecule has 3 N–H and O–H groups in total. The molecule has 0 radical (unpaired) electrons. The molecule has 0 aromatic carbocycles. The molecule has 1 rings (SSSR count). The number of halogens is 2. The lowest BCUT2D eigenvalue weighted by atomic mass is 9.77. The minimum Gasteiger partial charge on any atom is -0.368 e. The van der Waals surface area contributed by atoms with Gasteiger partial charge in [-0.15, -0.1) is 0 Å². The zero-order valence-corrected chi connectivity index (χ0v) is 12.0. The molecule has 0 saturated heterocycles. The summed E-state index contributed by atoms with van der Waals surface area (Å²) in [7, 11) is 1.68. The van der Waals surface area contributed by atoms with Crippen molar-refractivity contribution in [2.24, 2.45) is 5.73 Å². The van der Waals surface area contributed by atoms with Gasteiger partial charge in [-0.05, 0) is 46.6 Å². The second-order valence-electron chi connectivity index (χ2n) is 5.83. The summed E-state index contributed by atoms with van der Waals surface area (Å²) >= 11 is 0. The number of amides is 1. The molecule has 1 saturated carbocycles. The van der Waals surface area contributed by atoms with Gasteiger partial charge >= 0.3 is 0 Å². The second kappa shape index (κ2) is 6.61. The molecule has 1 amide bonds. The standard InChI is InChI=1S/C13H25F2N3O/c1-9(2)17-13(12(16)19)6-4-5-10(7-13)18(3)8-11(14)15/h9-11,17H,4-8H2,1-3H3,(H2,16,19). The van der Waals surface area contributed by atoms with Crippen LogP contribution >= 0.6 is 0 Å². The van der Waals surface area contributed by atoms with Crippen molar-refractivity contribution in [1.29, 1.82) is 0 Å². The average Bonchev–Trinajstić information content (AvgIpc) is 2.27. The van der Waals surface area contributed by atoms with Gasteiger partial charge in [0.25, 0.3) is 6.43 Å². The summed E-state index contributed by atoms with van der Waals surface area (Å²) < 4.78 is 24.9. The minimum atomic E-state index is -2.35. The van der Waals surface area contributed by atoms with Crippen LogP contribution in [0.3, 0.4) is 0 Å². The first-order chi connectivity index (χ1) is 8.77. The molecule has 2 atom stereocenters. The van der Waals surface area contributed by atoms with Crippen LogP contribution in [-0.4, -0.2) is 48.4 Å². The molecule has 0 heterocycles. The summed E-state index contributed by atoms with van der Waals surface area (Å²) in [6.45, 7) is 3.65. The Hall–Kier alpha value is -0.750. The van der Waals surface area contributed by atoms with Gasteiger partial charge in [-0.3, -0.25) is 9.69 Å². The first-order valence-corrected chi connectivity index (χ1v) is 6.83. The summed E-state index contributed by atoms with van der Waals surface area (Å²) in [5.74, 6) is -0.378. The Morgan fingerprint density at radius 1 is 1.53 bits per heavy atom. The molecule has 0 bridgehead atoms. The summed E-state index contributed by atoms with van der Waals surface area (Å²) in [5, 5.41) is 3.24. The summed E-state index contributed by atoms with van der Waals surface area (Å²) in [6.07, 6.45) is 0.482. The zero-order chi connectivity index (χ0) is 14.6. The maximum absolute atomic E-state index is 12.5. The molecule has 1 aliphatic rings. The summed E-state index contributed by atoms with van der Waals surface area (Å²) in [4.78, 5) is 13.4. The van der Waals surface area contributed by atoms with Gasteiger partial charge in [0.05, 0.1) is 12.1 Å². The van der Waals surface area contributed by atoms with Crippen molar-refractivity contribution >= 4 is 5.91 Å². The van der Waals surface area contributed by atoms with E-state index in [1.807, 2.05) is 13.8 Å². The van der Waals surface area contributed by atoms with E-state index in [1.54, 1.807) is 11.9 Å². The van der Waals surface area contributed by atoms with E-state index in [1.165, 1.54) is 0 Å². The quantitative estimate of drug-likeness (QED) is 0.770. The van der Waals surface area contributed by atoms with Gasteiger partial charge in [-0.2, -0.15) is 0 Å². The Labute approximate surface area is 113 Å². The Kier molecular flexibility index (Phi) is 5.67. The number of nitrogens with one attached hydrogen (secondary N) is 1. The van der Waals surface area contributed by atoms with Crippen LogP contribution < -0.4 is 11.1 Å². The highest BCUT2D eigenvalue weighted by Gasteiger charge is 2.42. The number of primary amides is 1. The third-order valence-electron chi connectivity index (χ3n) is 3.81. The molecule has 19 heavy (non-hydrogen) atoms. The fourth-order valence-electron chi connectivity index (χ4n) is 2.97. The van der Waals surface area contributed by atoms with E-state index in [0.29, 0.717) is 12.8 Å². The largest absolute Gasteiger partial charge is 0.368 e. The van der Waals surface area contributed by atoms with Crippen molar-refractivity contribution in [2.45, 2.75) is 63.6 Å². The van der Waals surface area contributed by atoms with Gasteiger partial charge < -0.3 is 11.1 Å². The highest BCUT2D eigenvalue weighted by molar-refractivity contribution is 5.85. The molecule has 0 spiro atoms. The van der Waals surface area contributed by atoms with Gasteiger partial charge in [0.2, 0.25) is 5.91 Å². The van der Waals surface area contributed by atoms with Gasteiger partial charge in [0.15, 0.2) is 0 Å². The highest BCUT2D eigenvalue weighted by Crippen LogP contribution is 2.31. The SMILES string of the molecule is CC(C)NC1(C(N)=O)CCCC(N(C)CC(F)F)C1. The number of alkyl halides is 2. The Bertz CT molecular complexity index is 312. The van der Waals surface area contributed by atoms with Crippen molar-refractivity contribution in [1.82, 2.24) is 10.2 Å². The molecule has 1 aliphatic carbocycles. The Balaban J connectivity index is 2.76. The van der Waals surface area contributed by atoms with Gasteiger partial charge in [-0.1, -0.05) is 0 Å². The molecule has 0 aromatic rings. The Morgan fingerprint density at radius 2 is 2.16 bits per heavy atom. The summed E-state index contributed by atoms with van der Waals surface area (Å²) in [6, 6.07) is 0.105. The van der Waals surface area contributed by atoms with E-state index >= 15 is 0 Å². The van der Waals surface area contributed by atoms with E-state index in [4.69, 9.17) is 5.73 Å². The first kappa shape index (κ1) is 16.3. The molecule has 2 unspecified atom stereocenters. The zero-order valence-electron chi connectivity index (χ0n) is 12.0. The maximum Gasteiger partial charge on any atom is 0.251 e. The number of carbonyl (C=O) groups excluding carboxylic acids is 1. The molecule has 1 fully saturated rings. The molecular weight excluding hydrogens is 252 g/mol. The third-order valence-corrected chi connectivity index (χ3v) is 3.81. The lowest BCUT2D eigenvalue weighted by molar-refractivity contribution is -0.127. The first-order valence-electron chi connectivity index (χ1n) is 6.83. The predicted octanol–water partition coefficient (Wildman–Crippen LogP) is 1.35. The fourth-order valence-corrected chi connectivity index (χ4v) is 2.97. The molecule has 112 valence electrons. The molecular formula is C13H25F2N3O. The topological polar surface area (TPSA) is 58.4 Å². The van der Waals surface area contributed by atoms with Crippen molar-refractivity contribution in [3.63, 3.8) is 0 Å². The van der Waals surface area contributed by atoms with Gasteiger partial charge in [-0.25, -0.2) is 8.78 Å². The number of carbonyl (C=O) groups is 1. The normalized spacial score (nSPS) is 28.3. The van der Waals surface area contributed by atoms with Crippen LogP contribution in [0.4, 0.5) is 8.78 Å². The third kappa shape index (κ3) is 4.38. The molecule has 6 heteroatoms. The van der Waals surface area contributed by atoms with Crippen LogP contribution in [-0.2, 0) is 4.79 Å². The number of hydrogen-bond acceptors (Lipinski definition) is 3. The Morgan fingerprint density at radius 3 is 2.63 bits per heavy atom. The van der Waals surface area contributed by atoms with Crippen molar-refractivity contribution < 1.29 is 13.6 Å². The minimum absolute atomic E-state index is 0.0264. The molecule has 0 aromatic heterocycles. The van der Waals surface area contributed by atoms with Gasteiger partial charge in [0, 0.05) is 12.1 Å². The number of nitrogens with two attached hydrogens (primary N) is 1. The average molecular weight is 277 g/mol.